The van der Waals surface area contributed by atoms with E-state index in [2.05, 4.69) is 15.0 Å². The average Bonchev–Trinajstić information content (AvgIpc) is 2.25. The maximum atomic E-state index is 9.16. The molecule has 0 aliphatic rings. The zero-order valence-electron chi connectivity index (χ0n) is 8.83. The minimum atomic E-state index is -0.807. The van der Waals surface area contributed by atoms with Crippen molar-refractivity contribution >= 4 is 17.7 Å². The van der Waals surface area contributed by atoms with Crippen LogP contribution in [-0.2, 0) is 0 Å². The first-order valence-corrected chi connectivity index (χ1v) is 5.70. The van der Waals surface area contributed by atoms with Crippen LogP contribution in [-0.4, -0.2) is 50.2 Å². The average molecular weight is 246 g/mol. The number of hydrogen-bond acceptors (Lipinski definition) is 8. The summed E-state index contributed by atoms with van der Waals surface area (Å²) in [4.78, 5) is 11.6. The van der Waals surface area contributed by atoms with Gasteiger partial charge in [0.2, 0.25) is 5.95 Å². The van der Waals surface area contributed by atoms with E-state index in [9.17, 15) is 0 Å². The Bertz CT molecular complexity index is 339. The molecule has 0 amide bonds. The molecule has 8 heteroatoms. The lowest BCUT2D eigenvalue weighted by Gasteiger charge is -2.06. The van der Waals surface area contributed by atoms with Crippen molar-refractivity contribution in [3.05, 3.63) is 0 Å². The summed E-state index contributed by atoms with van der Waals surface area (Å²) in [7, 11) is 0. The van der Waals surface area contributed by atoms with Crippen molar-refractivity contribution in [3.63, 3.8) is 0 Å². The quantitative estimate of drug-likeness (QED) is 0.564. The van der Waals surface area contributed by atoms with Crippen LogP contribution in [0.2, 0.25) is 0 Å². The Balaban J connectivity index is 2.64. The number of rotatable bonds is 6. The second-order valence-corrected chi connectivity index (χ2v) is 3.83. The summed E-state index contributed by atoms with van der Waals surface area (Å²) < 4.78 is 5.09. The smallest absolute Gasteiger partial charge is 0.322 e. The fourth-order valence-corrected chi connectivity index (χ4v) is 1.58. The van der Waals surface area contributed by atoms with Crippen molar-refractivity contribution in [1.82, 2.24) is 15.0 Å². The molecule has 1 rings (SSSR count). The van der Waals surface area contributed by atoms with Crippen molar-refractivity contribution in [3.8, 4) is 6.01 Å². The van der Waals surface area contributed by atoms with Crippen LogP contribution in [0.3, 0.4) is 0 Å². The summed E-state index contributed by atoms with van der Waals surface area (Å²) in [6.07, 6.45) is -0.807. The largest absolute Gasteiger partial charge is 0.464 e. The van der Waals surface area contributed by atoms with Crippen molar-refractivity contribution in [2.45, 2.75) is 18.2 Å². The van der Waals surface area contributed by atoms with Gasteiger partial charge in [-0.25, -0.2) is 0 Å². The molecule has 0 saturated carbocycles. The van der Waals surface area contributed by atoms with E-state index >= 15 is 0 Å². The number of aromatic nitrogens is 3. The highest BCUT2D eigenvalue weighted by atomic mass is 32.2. The lowest BCUT2D eigenvalue weighted by molar-refractivity contribution is 0.113. The highest BCUT2D eigenvalue weighted by Crippen LogP contribution is 2.17. The number of aliphatic hydroxyl groups excluding tert-OH is 2. The minimum absolute atomic E-state index is 0.0689. The molecule has 0 radical (unpaired) electrons. The molecular formula is C8H14N4O3S. The fraction of sp³-hybridized carbons (Fsp3) is 0.625. The van der Waals surface area contributed by atoms with E-state index < -0.39 is 6.10 Å². The molecule has 1 aromatic rings. The molecular weight excluding hydrogens is 232 g/mol. The topological polar surface area (TPSA) is 114 Å². The van der Waals surface area contributed by atoms with Crippen LogP contribution in [0.25, 0.3) is 0 Å². The maximum absolute atomic E-state index is 9.16. The summed E-state index contributed by atoms with van der Waals surface area (Å²) in [5.41, 5.74) is 5.46. The van der Waals surface area contributed by atoms with Gasteiger partial charge in [-0.1, -0.05) is 11.8 Å². The molecule has 4 N–H and O–H groups in total. The summed E-state index contributed by atoms with van der Waals surface area (Å²) in [5, 5.41) is 18.2. The summed E-state index contributed by atoms with van der Waals surface area (Å²) in [6, 6.07) is 0.163. The second-order valence-electron chi connectivity index (χ2n) is 2.84. The SMILES string of the molecule is CCOc1nc(N)nc(SCC(O)CO)n1. The zero-order chi connectivity index (χ0) is 12.0. The van der Waals surface area contributed by atoms with Crippen molar-refractivity contribution in [1.29, 1.82) is 0 Å². The second kappa shape index (κ2) is 6.46. The van der Waals surface area contributed by atoms with E-state index in [1.165, 1.54) is 11.8 Å². The molecule has 1 unspecified atom stereocenters. The fourth-order valence-electron chi connectivity index (χ4n) is 0.834. The summed E-state index contributed by atoms with van der Waals surface area (Å²) in [6.45, 7) is 1.95. The Morgan fingerprint density at radius 2 is 2.19 bits per heavy atom. The normalized spacial score (nSPS) is 12.4. The van der Waals surface area contributed by atoms with Crippen LogP contribution < -0.4 is 10.5 Å². The van der Waals surface area contributed by atoms with Crippen molar-refractivity contribution in [2.75, 3.05) is 24.7 Å². The van der Waals surface area contributed by atoms with Gasteiger partial charge >= 0.3 is 6.01 Å². The summed E-state index contributed by atoms with van der Waals surface area (Å²) >= 11 is 1.18. The molecule has 1 heterocycles. The number of nitrogens with zero attached hydrogens (tertiary/aromatic N) is 3. The van der Waals surface area contributed by atoms with Gasteiger partial charge in [-0.3, -0.25) is 0 Å². The monoisotopic (exact) mass is 246 g/mol. The van der Waals surface area contributed by atoms with Gasteiger partial charge in [-0.15, -0.1) is 0 Å². The molecule has 7 nitrogen and oxygen atoms in total. The van der Waals surface area contributed by atoms with E-state index in [1.54, 1.807) is 0 Å². The molecule has 0 saturated heterocycles. The number of anilines is 1. The third-order valence-electron chi connectivity index (χ3n) is 1.50. The Morgan fingerprint density at radius 3 is 2.81 bits per heavy atom. The van der Waals surface area contributed by atoms with Gasteiger partial charge in [0.1, 0.15) is 0 Å². The molecule has 90 valence electrons. The predicted molar refractivity (Wildman–Crippen MR) is 59.2 cm³/mol. The third-order valence-corrected chi connectivity index (χ3v) is 2.49. The molecule has 0 bridgehead atoms. The van der Waals surface area contributed by atoms with E-state index in [0.29, 0.717) is 11.8 Å². The predicted octanol–water partition coefficient (Wildman–Crippen LogP) is -0.702. The Morgan fingerprint density at radius 1 is 1.44 bits per heavy atom. The molecule has 0 aromatic carbocycles. The van der Waals surface area contributed by atoms with Crippen LogP contribution in [0.1, 0.15) is 6.92 Å². The Kier molecular flexibility index (Phi) is 5.23. The minimum Gasteiger partial charge on any atom is -0.464 e. The maximum Gasteiger partial charge on any atom is 0.322 e. The van der Waals surface area contributed by atoms with Gasteiger partial charge in [0.15, 0.2) is 5.16 Å². The van der Waals surface area contributed by atoms with Crippen molar-refractivity contribution in [2.24, 2.45) is 0 Å². The molecule has 0 fully saturated rings. The molecule has 1 aromatic heterocycles. The Hall–Kier alpha value is -1.12. The van der Waals surface area contributed by atoms with E-state index in [1.807, 2.05) is 6.92 Å². The molecule has 16 heavy (non-hydrogen) atoms. The van der Waals surface area contributed by atoms with Gasteiger partial charge in [0.05, 0.1) is 19.3 Å². The van der Waals surface area contributed by atoms with Gasteiger partial charge in [-0.2, -0.15) is 15.0 Å². The number of aliphatic hydroxyl groups is 2. The summed E-state index contributed by atoms with van der Waals surface area (Å²) in [5.74, 6) is 0.352. The highest BCUT2D eigenvalue weighted by Gasteiger charge is 2.08. The first-order chi connectivity index (χ1) is 7.65. The molecule has 1 atom stereocenters. The number of hydrogen-bond donors (Lipinski definition) is 3. The van der Waals surface area contributed by atoms with Crippen LogP contribution in [0.15, 0.2) is 5.16 Å². The van der Waals surface area contributed by atoms with E-state index in [4.69, 9.17) is 20.7 Å². The highest BCUT2D eigenvalue weighted by molar-refractivity contribution is 7.99. The van der Waals surface area contributed by atoms with Crippen LogP contribution >= 0.6 is 11.8 Å². The van der Waals surface area contributed by atoms with E-state index in [0.717, 1.165) is 0 Å². The zero-order valence-corrected chi connectivity index (χ0v) is 9.65. The lowest BCUT2D eigenvalue weighted by atomic mass is 10.4. The van der Waals surface area contributed by atoms with Crippen LogP contribution in [0.4, 0.5) is 5.95 Å². The van der Waals surface area contributed by atoms with Crippen LogP contribution in [0.5, 0.6) is 6.01 Å². The molecule has 0 spiro atoms. The van der Waals surface area contributed by atoms with Gasteiger partial charge in [-0.05, 0) is 6.92 Å². The third kappa shape index (κ3) is 4.17. The van der Waals surface area contributed by atoms with Crippen LogP contribution in [0, 0.1) is 0 Å². The first kappa shape index (κ1) is 12.9. The number of ether oxygens (including phenoxy) is 1. The first-order valence-electron chi connectivity index (χ1n) is 4.71. The number of thioether (sulfide) groups is 1. The number of nitrogens with two attached hydrogens (primary N) is 1. The van der Waals surface area contributed by atoms with Crippen molar-refractivity contribution < 1.29 is 14.9 Å². The standard InChI is InChI=1S/C8H14N4O3S/c1-2-15-7-10-6(9)11-8(12-7)16-4-5(14)3-13/h5,13-14H,2-4H2,1H3,(H2,9,10,11,12). The van der Waals surface area contributed by atoms with Gasteiger partial charge in [0.25, 0.3) is 0 Å². The van der Waals surface area contributed by atoms with E-state index in [-0.39, 0.29) is 24.3 Å². The molecule has 0 aliphatic carbocycles. The lowest BCUT2D eigenvalue weighted by Crippen LogP contribution is -2.15. The Labute approximate surface area is 97.1 Å². The molecule has 0 aliphatic heterocycles. The number of nitrogen functional groups attached to an aromatic ring is 1. The van der Waals surface area contributed by atoms with Gasteiger partial charge < -0.3 is 20.7 Å². The van der Waals surface area contributed by atoms with Gasteiger partial charge in [0, 0.05) is 5.75 Å².